The number of nitrogens with zero attached hydrogens (tertiary/aromatic N) is 3. The predicted octanol–water partition coefficient (Wildman–Crippen LogP) is 2.08. The molecule has 1 aromatic carbocycles. The van der Waals surface area contributed by atoms with E-state index in [1.807, 2.05) is 0 Å². The molecular weight excluding hydrogens is 307 g/mol. The summed E-state index contributed by atoms with van der Waals surface area (Å²) in [5.74, 6) is -0.380. The lowest BCUT2D eigenvalue weighted by atomic mass is 10.1. The van der Waals surface area contributed by atoms with Gasteiger partial charge >= 0.3 is 0 Å². The highest BCUT2D eigenvalue weighted by atomic mass is 32.2. The maximum atomic E-state index is 13.0. The summed E-state index contributed by atoms with van der Waals surface area (Å²) < 4.78 is 36.6. The molecule has 2 heterocycles. The average molecular weight is 318 g/mol. The number of halogens is 1. The first-order valence-corrected chi connectivity index (χ1v) is 8.16. The molecular formula is C14H11FN4O2S. The average Bonchev–Trinajstić information content (AvgIpc) is 3.01. The van der Waals surface area contributed by atoms with Gasteiger partial charge in [-0.2, -0.15) is 0 Å². The first-order chi connectivity index (χ1) is 10.4. The highest BCUT2D eigenvalue weighted by molar-refractivity contribution is 7.90. The van der Waals surface area contributed by atoms with Crippen LogP contribution >= 0.6 is 0 Å². The van der Waals surface area contributed by atoms with Gasteiger partial charge in [-0.05, 0) is 30.3 Å². The maximum Gasteiger partial charge on any atom is 0.247 e. The Labute approximate surface area is 126 Å². The molecule has 0 spiro atoms. The number of aromatic nitrogens is 4. The summed E-state index contributed by atoms with van der Waals surface area (Å²) in [6.07, 6.45) is 4.03. The van der Waals surface area contributed by atoms with Crippen LogP contribution in [0.5, 0.6) is 0 Å². The molecule has 3 rings (SSSR count). The number of sulfone groups is 1. The van der Waals surface area contributed by atoms with Gasteiger partial charge in [0.2, 0.25) is 15.0 Å². The van der Waals surface area contributed by atoms with E-state index in [2.05, 4.69) is 19.9 Å². The number of rotatable bonds is 3. The minimum atomic E-state index is -3.59. The Kier molecular flexibility index (Phi) is 3.45. The number of H-pyrrole nitrogens is 1. The van der Waals surface area contributed by atoms with Crippen molar-refractivity contribution in [3.8, 4) is 22.6 Å². The second kappa shape index (κ2) is 5.30. The van der Waals surface area contributed by atoms with Crippen molar-refractivity contribution in [2.45, 2.75) is 5.16 Å². The lowest BCUT2D eigenvalue weighted by molar-refractivity contribution is 0.593. The Hall–Kier alpha value is -2.61. The molecule has 6 nitrogen and oxygen atoms in total. The quantitative estimate of drug-likeness (QED) is 0.747. The zero-order valence-corrected chi connectivity index (χ0v) is 12.3. The number of hydrogen-bond acceptors (Lipinski definition) is 5. The van der Waals surface area contributed by atoms with Gasteiger partial charge in [0.05, 0.1) is 29.6 Å². The summed E-state index contributed by atoms with van der Waals surface area (Å²) in [4.78, 5) is 14.9. The molecule has 0 bridgehead atoms. The van der Waals surface area contributed by atoms with Crippen molar-refractivity contribution in [3.05, 3.63) is 48.7 Å². The molecule has 0 radical (unpaired) electrons. The molecule has 112 valence electrons. The fourth-order valence-electron chi connectivity index (χ4n) is 1.89. The Morgan fingerprint density at radius 1 is 1.09 bits per heavy atom. The summed E-state index contributed by atoms with van der Waals surface area (Å²) in [7, 11) is -3.59. The van der Waals surface area contributed by atoms with Crippen LogP contribution in [-0.2, 0) is 9.84 Å². The van der Waals surface area contributed by atoms with E-state index in [4.69, 9.17) is 0 Å². The molecule has 0 saturated heterocycles. The van der Waals surface area contributed by atoms with Crippen LogP contribution in [0.15, 0.2) is 48.0 Å². The first kappa shape index (κ1) is 14.3. The van der Waals surface area contributed by atoms with E-state index >= 15 is 0 Å². The van der Waals surface area contributed by atoms with Gasteiger partial charge in [0.1, 0.15) is 5.82 Å². The van der Waals surface area contributed by atoms with E-state index in [0.717, 1.165) is 6.26 Å². The molecule has 0 aliphatic rings. The van der Waals surface area contributed by atoms with Crippen LogP contribution in [0.3, 0.4) is 0 Å². The summed E-state index contributed by atoms with van der Waals surface area (Å²) >= 11 is 0. The molecule has 0 fully saturated rings. The topological polar surface area (TPSA) is 88.6 Å². The van der Waals surface area contributed by atoms with Crippen LogP contribution in [0.4, 0.5) is 4.39 Å². The highest BCUT2D eigenvalue weighted by Gasteiger charge is 2.16. The molecule has 0 aliphatic carbocycles. The van der Waals surface area contributed by atoms with Crippen molar-refractivity contribution in [1.82, 2.24) is 19.9 Å². The van der Waals surface area contributed by atoms with E-state index in [9.17, 15) is 12.8 Å². The van der Waals surface area contributed by atoms with Crippen LogP contribution in [-0.4, -0.2) is 34.6 Å². The Morgan fingerprint density at radius 2 is 1.77 bits per heavy atom. The van der Waals surface area contributed by atoms with Crippen LogP contribution in [0.25, 0.3) is 22.6 Å². The van der Waals surface area contributed by atoms with Crippen molar-refractivity contribution in [2.75, 3.05) is 6.26 Å². The van der Waals surface area contributed by atoms with Gasteiger partial charge < -0.3 is 4.98 Å². The van der Waals surface area contributed by atoms with Gasteiger partial charge in [0.15, 0.2) is 0 Å². The zero-order valence-electron chi connectivity index (χ0n) is 11.5. The third-order valence-electron chi connectivity index (χ3n) is 2.95. The fourth-order valence-corrected chi connectivity index (χ4v) is 2.42. The largest absolute Gasteiger partial charge is 0.343 e. The van der Waals surface area contributed by atoms with Gasteiger partial charge in [-0.3, -0.25) is 0 Å². The van der Waals surface area contributed by atoms with Crippen molar-refractivity contribution in [1.29, 1.82) is 0 Å². The molecule has 2 aromatic heterocycles. The van der Waals surface area contributed by atoms with E-state index in [1.54, 1.807) is 6.07 Å². The van der Waals surface area contributed by atoms with Crippen molar-refractivity contribution >= 4 is 9.84 Å². The summed E-state index contributed by atoms with van der Waals surface area (Å²) in [6, 6.07) is 7.25. The number of nitrogens with one attached hydrogen (secondary N) is 1. The molecule has 0 amide bonds. The fraction of sp³-hybridized carbons (Fsp3) is 0.0714. The minimum Gasteiger partial charge on any atom is -0.343 e. The minimum absolute atomic E-state index is 0.293. The van der Waals surface area contributed by atoms with Gasteiger partial charge in [0, 0.05) is 11.8 Å². The Bertz CT molecular complexity index is 907. The number of imidazole rings is 1. The summed E-state index contributed by atoms with van der Waals surface area (Å²) in [6.45, 7) is 0. The summed E-state index contributed by atoms with van der Waals surface area (Å²) in [5, 5.41) is -0.293. The highest BCUT2D eigenvalue weighted by Crippen LogP contribution is 2.24. The monoisotopic (exact) mass is 318 g/mol. The zero-order chi connectivity index (χ0) is 15.7. The van der Waals surface area contributed by atoms with E-state index < -0.39 is 9.84 Å². The van der Waals surface area contributed by atoms with Crippen LogP contribution in [0, 0.1) is 5.82 Å². The molecule has 0 saturated carbocycles. The van der Waals surface area contributed by atoms with E-state index in [1.165, 1.54) is 36.8 Å². The molecule has 0 unspecified atom stereocenters. The van der Waals surface area contributed by atoms with Gasteiger partial charge in [-0.1, -0.05) is 0 Å². The third kappa shape index (κ3) is 2.86. The maximum absolute atomic E-state index is 13.0. The molecule has 0 aliphatic heterocycles. The first-order valence-electron chi connectivity index (χ1n) is 6.27. The van der Waals surface area contributed by atoms with Crippen LogP contribution in [0.2, 0.25) is 0 Å². The summed E-state index contributed by atoms with van der Waals surface area (Å²) in [5.41, 5.74) is 1.94. The third-order valence-corrected chi connectivity index (χ3v) is 3.80. The normalized spacial score (nSPS) is 11.5. The number of hydrogen-bond donors (Lipinski definition) is 1. The van der Waals surface area contributed by atoms with Gasteiger partial charge in [-0.25, -0.2) is 27.8 Å². The molecule has 3 aromatic rings. The second-order valence-electron chi connectivity index (χ2n) is 4.67. The van der Waals surface area contributed by atoms with Crippen molar-refractivity contribution in [3.63, 3.8) is 0 Å². The van der Waals surface area contributed by atoms with Crippen molar-refractivity contribution in [2.24, 2.45) is 0 Å². The van der Waals surface area contributed by atoms with E-state index in [0.29, 0.717) is 22.6 Å². The van der Waals surface area contributed by atoms with Gasteiger partial charge in [0.25, 0.3) is 0 Å². The number of benzene rings is 1. The SMILES string of the molecule is CS(=O)(=O)c1nc(-c2ccc(F)cc2)cc(-c2cnc[nH]2)n1. The Balaban J connectivity index is 2.21. The Morgan fingerprint density at radius 3 is 2.36 bits per heavy atom. The lowest BCUT2D eigenvalue weighted by Crippen LogP contribution is -2.06. The number of aromatic amines is 1. The predicted molar refractivity (Wildman–Crippen MR) is 78.1 cm³/mol. The lowest BCUT2D eigenvalue weighted by Gasteiger charge is -2.06. The van der Waals surface area contributed by atoms with Crippen LogP contribution in [0.1, 0.15) is 0 Å². The van der Waals surface area contributed by atoms with E-state index in [-0.39, 0.29) is 11.0 Å². The second-order valence-corrected chi connectivity index (χ2v) is 6.57. The van der Waals surface area contributed by atoms with Gasteiger partial charge in [-0.15, -0.1) is 0 Å². The smallest absolute Gasteiger partial charge is 0.247 e. The molecule has 0 atom stereocenters. The molecule has 8 heteroatoms. The van der Waals surface area contributed by atoms with Crippen molar-refractivity contribution < 1.29 is 12.8 Å². The standard InChI is InChI=1S/C14H11FN4O2S/c1-22(20,21)14-18-11(9-2-4-10(15)5-3-9)6-12(19-14)13-7-16-8-17-13/h2-8H,1H3,(H,16,17). The molecule has 22 heavy (non-hydrogen) atoms. The molecule has 1 N–H and O–H groups in total. The van der Waals surface area contributed by atoms with Crippen LogP contribution < -0.4 is 0 Å².